The lowest BCUT2D eigenvalue weighted by molar-refractivity contribution is 1.11. The van der Waals surface area contributed by atoms with Crippen molar-refractivity contribution in [3.63, 3.8) is 0 Å². The molecule has 0 saturated carbocycles. The minimum atomic E-state index is 0.712. The van der Waals surface area contributed by atoms with Crippen molar-refractivity contribution in [3.05, 3.63) is 27.3 Å². The molecule has 0 atom stereocenters. The summed E-state index contributed by atoms with van der Waals surface area (Å²) in [6, 6.07) is 1.98. The van der Waals surface area contributed by atoms with Crippen molar-refractivity contribution in [3.8, 4) is 0 Å². The first-order chi connectivity index (χ1) is 5.70. The van der Waals surface area contributed by atoms with Gasteiger partial charge in [0.2, 0.25) is 0 Å². The smallest absolute Gasteiger partial charge is 0.0695 e. The van der Waals surface area contributed by atoms with Crippen LogP contribution in [0.25, 0.3) is 10.9 Å². The lowest BCUT2D eigenvalue weighted by Crippen LogP contribution is -1.78. The summed E-state index contributed by atoms with van der Waals surface area (Å²) in [6.45, 7) is 2.02. The maximum absolute atomic E-state index is 6.03. The fourth-order valence-electron chi connectivity index (χ4n) is 1.21. The molecule has 0 fully saturated rings. The van der Waals surface area contributed by atoms with Crippen LogP contribution in [0, 0.1) is 6.92 Å². The van der Waals surface area contributed by atoms with Gasteiger partial charge in [0.1, 0.15) is 0 Å². The average Bonchev–Trinajstić information content (AvgIpc) is 2.48. The van der Waals surface area contributed by atoms with Crippen molar-refractivity contribution >= 4 is 38.4 Å². The van der Waals surface area contributed by atoms with Gasteiger partial charge >= 0.3 is 0 Å². The summed E-state index contributed by atoms with van der Waals surface area (Å²) in [5, 5.41) is 8.51. The van der Waals surface area contributed by atoms with Gasteiger partial charge in [-0.05, 0) is 34.5 Å². The normalized spacial score (nSPS) is 10.9. The Hall–Kier alpha value is -0.540. The molecular formula is C8H6BrClN2. The van der Waals surface area contributed by atoms with Crippen LogP contribution in [0.2, 0.25) is 5.02 Å². The number of aryl methyl sites for hydroxylation is 1. The lowest BCUT2D eigenvalue weighted by Gasteiger charge is -1.99. The molecule has 4 heteroatoms. The van der Waals surface area contributed by atoms with E-state index in [1.165, 1.54) is 0 Å². The van der Waals surface area contributed by atoms with Crippen LogP contribution in [-0.2, 0) is 0 Å². The molecule has 1 heterocycles. The molecule has 0 aliphatic heterocycles. The highest BCUT2D eigenvalue weighted by atomic mass is 79.9. The van der Waals surface area contributed by atoms with E-state index in [1.54, 1.807) is 6.20 Å². The third-order valence-corrected chi connectivity index (χ3v) is 3.08. The Morgan fingerprint density at radius 3 is 3.08 bits per heavy atom. The topological polar surface area (TPSA) is 28.7 Å². The summed E-state index contributed by atoms with van der Waals surface area (Å²) in [5.74, 6) is 0. The molecule has 0 unspecified atom stereocenters. The average molecular weight is 246 g/mol. The first kappa shape index (κ1) is 8.08. The van der Waals surface area contributed by atoms with Gasteiger partial charge in [-0.25, -0.2) is 0 Å². The zero-order valence-electron chi connectivity index (χ0n) is 6.36. The second-order valence-electron chi connectivity index (χ2n) is 2.65. The first-order valence-electron chi connectivity index (χ1n) is 3.48. The molecule has 0 aliphatic rings. The highest BCUT2D eigenvalue weighted by molar-refractivity contribution is 9.10. The first-order valence-corrected chi connectivity index (χ1v) is 4.65. The molecular weight excluding hydrogens is 239 g/mol. The fraction of sp³-hybridized carbons (Fsp3) is 0.125. The molecule has 0 bridgehead atoms. The number of halogens is 2. The van der Waals surface area contributed by atoms with Crippen LogP contribution in [-0.4, -0.2) is 10.2 Å². The van der Waals surface area contributed by atoms with E-state index in [-0.39, 0.29) is 0 Å². The van der Waals surface area contributed by atoms with Crippen molar-refractivity contribution in [2.75, 3.05) is 0 Å². The van der Waals surface area contributed by atoms with Crippen LogP contribution in [0.1, 0.15) is 5.56 Å². The molecule has 0 amide bonds. The molecule has 0 spiro atoms. The standard InChI is InChI=1S/C8H6BrClN2/c1-4-2-6(9)7(10)5-3-11-12-8(4)5/h2-3H,1H3,(H,11,12). The zero-order chi connectivity index (χ0) is 8.72. The van der Waals surface area contributed by atoms with Gasteiger partial charge in [0.25, 0.3) is 0 Å². The van der Waals surface area contributed by atoms with Crippen molar-refractivity contribution in [1.82, 2.24) is 10.2 Å². The Morgan fingerprint density at radius 1 is 1.58 bits per heavy atom. The van der Waals surface area contributed by atoms with E-state index in [4.69, 9.17) is 11.6 Å². The Kier molecular flexibility index (Phi) is 1.85. The highest BCUT2D eigenvalue weighted by Crippen LogP contribution is 2.31. The second-order valence-corrected chi connectivity index (χ2v) is 3.88. The van der Waals surface area contributed by atoms with Gasteiger partial charge in [0.15, 0.2) is 0 Å². The van der Waals surface area contributed by atoms with Crippen molar-refractivity contribution in [2.24, 2.45) is 0 Å². The third-order valence-electron chi connectivity index (χ3n) is 1.82. The number of hydrogen-bond acceptors (Lipinski definition) is 1. The van der Waals surface area contributed by atoms with Crippen molar-refractivity contribution in [1.29, 1.82) is 0 Å². The summed E-state index contributed by atoms with van der Waals surface area (Å²) in [7, 11) is 0. The number of nitrogens with zero attached hydrogens (tertiary/aromatic N) is 1. The number of aromatic amines is 1. The SMILES string of the molecule is Cc1cc(Br)c(Cl)c2cn[nH]c12. The van der Waals surface area contributed by atoms with E-state index < -0.39 is 0 Å². The largest absolute Gasteiger partial charge is 0.278 e. The predicted octanol–water partition coefficient (Wildman–Crippen LogP) is 3.29. The molecule has 0 aliphatic carbocycles. The van der Waals surface area contributed by atoms with Gasteiger partial charge < -0.3 is 0 Å². The quantitative estimate of drug-likeness (QED) is 0.758. The van der Waals surface area contributed by atoms with Crippen LogP contribution < -0.4 is 0 Å². The summed E-state index contributed by atoms with van der Waals surface area (Å²) < 4.78 is 0.913. The van der Waals surface area contributed by atoms with Gasteiger partial charge in [-0.1, -0.05) is 11.6 Å². The molecule has 0 saturated heterocycles. The maximum Gasteiger partial charge on any atom is 0.0695 e. The molecule has 2 aromatic rings. The minimum Gasteiger partial charge on any atom is -0.278 e. The summed E-state index contributed by atoms with van der Waals surface area (Å²) in [4.78, 5) is 0. The van der Waals surface area contributed by atoms with E-state index in [9.17, 15) is 0 Å². The van der Waals surface area contributed by atoms with Crippen LogP contribution in [0.5, 0.6) is 0 Å². The van der Waals surface area contributed by atoms with E-state index in [0.717, 1.165) is 20.9 Å². The second kappa shape index (κ2) is 2.75. The van der Waals surface area contributed by atoms with Gasteiger partial charge in [-0.15, -0.1) is 0 Å². The number of H-pyrrole nitrogens is 1. The van der Waals surface area contributed by atoms with Crippen molar-refractivity contribution in [2.45, 2.75) is 6.92 Å². The molecule has 1 N–H and O–H groups in total. The maximum atomic E-state index is 6.03. The molecule has 2 rings (SSSR count). The Morgan fingerprint density at radius 2 is 2.33 bits per heavy atom. The number of aromatic nitrogens is 2. The molecule has 2 nitrogen and oxygen atoms in total. The van der Waals surface area contributed by atoms with Crippen LogP contribution in [0.4, 0.5) is 0 Å². The summed E-state index contributed by atoms with van der Waals surface area (Å²) in [6.07, 6.45) is 1.73. The van der Waals surface area contributed by atoms with Gasteiger partial charge in [0, 0.05) is 9.86 Å². The third kappa shape index (κ3) is 1.04. The number of fused-ring (bicyclic) bond motifs is 1. The Balaban J connectivity index is 2.97. The molecule has 62 valence electrons. The van der Waals surface area contributed by atoms with E-state index in [0.29, 0.717) is 5.02 Å². The molecule has 1 aromatic carbocycles. The number of benzene rings is 1. The van der Waals surface area contributed by atoms with Crippen LogP contribution in [0.3, 0.4) is 0 Å². The van der Waals surface area contributed by atoms with Crippen molar-refractivity contribution < 1.29 is 0 Å². The van der Waals surface area contributed by atoms with Crippen LogP contribution >= 0.6 is 27.5 Å². The Bertz CT molecular complexity index is 436. The van der Waals surface area contributed by atoms with Gasteiger partial charge in [-0.3, -0.25) is 5.10 Å². The number of hydrogen-bond donors (Lipinski definition) is 1. The lowest BCUT2D eigenvalue weighted by atomic mass is 10.2. The van der Waals surface area contributed by atoms with E-state index in [2.05, 4.69) is 26.1 Å². The van der Waals surface area contributed by atoms with Crippen LogP contribution in [0.15, 0.2) is 16.7 Å². The minimum absolute atomic E-state index is 0.712. The zero-order valence-corrected chi connectivity index (χ0v) is 8.70. The monoisotopic (exact) mass is 244 g/mol. The summed E-state index contributed by atoms with van der Waals surface area (Å²) in [5.41, 5.74) is 2.14. The van der Waals surface area contributed by atoms with E-state index >= 15 is 0 Å². The number of rotatable bonds is 0. The van der Waals surface area contributed by atoms with E-state index in [1.807, 2.05) is 13.0 Å². The number of nitrogens with one attached hydrogen (secondary N) is 1. The van der Waals surface area contributed by atoms with Gasteiger partial charge in [0.05, 0.1) is 16.7 Å². The molecule has 0 radical (unpaired) electrons. The predicted molar refractivity (Wildman–Crippen MR) is 53.5 cm³/mol. The molecule has 1 aromatic heterocycles. The summed E-state index contributed by atoms with van der Waals surface area (Å²) >= 11 is 9.41. The molecule has 12 heavy (non-hydrogen) atoms. The highest BCUT2D eigenvalue weighted by Gasteiger charge is 2.07. The fourth-order valence-corrected chi connectivity index (χ4v) is 1.96. The van der Waals surface area contributed by atoms with Gasteiger partial charge in [-0.2, -0.15) is 5.10 Å². The Labute approximate surface area is 83.0 Å².